The van der Waals surface area contributed by atoms with Crippen molar-refractivity contribution < 1.29 is 14.5 Å². The van der Waals surface area contributed by atoms with Gasteiger partial charge in [-0.25, -0.2) is 0 Å². The van der Waals surface area contributed by atoms with Crippen molar-refractivity contribution in [2.75, 3.05) is 0 Å². The number of aromatic nitrogens is 2. The molecule has 0 spiro atoms. The Morgan fingerprint density at radius 3 is 2.65 bits per heavy atom. The zero-order valence-corrected chi connectivity index (χ0v) is 13.8. The van der Waals surface area contributed by atoms with E-state index in [4.69, 9.17) is 0 Å². The molecule has 0 saturated carbocycles. The number of amides is 1. The summed E-state index contributed by atoms with van der Waals surface area (Å²) < 4.78 is 1.35. The van der Waals surface area contributed by atoms with E-state index in [2.05, 4.69) is 10.4 Å². The molecule has 0 fully saturated rings. The topological polar surface area (TPSA) is 107 Å². The molecule has 1 N–H and O–H groups in total. The molecule has 0 unspecified atom stereocenters. The summed E-state index contributed by atoms with van der Waals surface area (Å²) in [7, 11) is 0. The monoisotopic (exact) mass is 336 g/mol. The lowest BCUT2D eigenvalue weighted by atomic mass is 10.3. The van der Waals surface area contributed by atoms with Crippen molar-refractivity contribution in [3.05, 3.63) is 43.4 Å². The number of rotatable bonds is 6. The second-order valence-electron chi connectivity index (χ2n) is 5.03. The summed E-state index contributed by atoms with van der Waals surface area (Å²) in [6.45, 7) is 4.86. The van der Waals surface area contributed by atoms with Crippen LogP contribution in [0.15, 0.2) is 12.1 Å². The van der Waals surface area contributed by atoms with Crippen molar-refractivity contribution in [1.82, 2.24) is 15.1 Å². The lowest BCUT2D eigenvalue weighted by Gasteiger charge is -2.01. The Kier molecular flexibility index (Phi) is 4.89. The molecule has 2 aromatic heterocycles. The summed E-state index contributed by atoms with van der Waals surface area (Å²) >= 11 is 1.29. The smallest absolute Gasteiger partial charge is 0.312 e. The average molecular weight is 336 g/mol. The van der Waals surface area contributed by atoms with Crippen LogP contribution in [0.4, 0.5) is 5.69 Å². The maximum Gasteiger partial charge on any atom is 0.312 e. The van der Waals surface area contributed by atoms with E-state index >= 15 is 0 Å². The predicted octanol–water partition coefficient (Wildman–Crippen LogP) is 1.99. The number of Topliss-reactive ketones (excluding diaryl/α,β-unsaturated/α-hetero) is 1. The third kappa shape index (κ3) is 3.81. The van der Waals surface area contributed by atoms with Gasteiger partial charge >= 0.3 is 5.69 Å². The lowest BCUT2D eigenvalue weighted by molar-refractivity contribution is -0.386. The number of hydrogen-bond donors (Lipinski definition) is 1. The number of hydrogen-bond acceptors (Lipinski definition) is 6. The van der Waals surface area contributed by atoms with Crippen LogP contribution < -0.4 is 5.32 Å². The SMILES string of the molecule is CC(=O)NCc1ccc(C(=O)Cn2nc(C)c([N+](=O)[O-])c2C)s1. The Labute approximate surface area is 136 Å². The van der Waals surface area contributed by atoms with Gasteiger partial charge in [-0.1, -0.05) is 0 Å². The number of aryl methyl sites for hydroxylation is 1. The van der Waals surface area contributed by atoms with Gasteiger partial charge in [-0.15, -0.1) is 11.3 Å². The fraction of sp³-hybridized carbons (Fsp3) is 0.357. The number of nitrogens with zero attached hydrogens (tertiary/aromatic N) is 3. The molecule has 0 aliphatic rings. The Hall–Kier alpha value is -2.55. The van der Waals surface area contributed by atoms with E-state index in [1.807, 2.05) is 0 Å². The van der Waals surface area contributed by atoms with Gasteiger partial charge in [-0.05, 0) is 26.0 Å². The zero-order valence-electron chi connectivity index (χ0n) is 13.0. The third-order valence-corrected chi connectivity index (χ3v) is 4.39. The number of carbonyl (C=O) groups is 2. The Bertz CT molecular complexity index is 778. The summed E-state index contributed by atoms with van der Waals surface area (Å²) in [6, 6.07) is 3.46. The highest BCUT2D eigenvalue weighted by Gasteiger charge is 2.23. The Morgan fingerprint density at radius 1 is 1.39 bits per heavy atom. The van der Waals surface area contributed by atoms with Gasteiger partial charge in [-0.2, -0.15) is 5.10 Å². The van der Waals surface area contributed by atoms with Gasteiger partial charge in [0.25, 0.3) is 0 Å². The van der Waals surface area contributed by atoms with Gasteiger partial charge < -0.3 is 5.32 Å². The summed E-state index contributed by atoms with van der Waals surface area (Å²) in [4.78, 5) is 35.1. The van der Waals surface area contributed by atoms with Crippen LogP contribution in [0.25, 0.3) is 0 Å². The molecule has 8 nitrogen and oxygen atoms in total. The molecule has 1 amide bonds. The second-order valence-corrected chi connectivity index (χ2v) is 6.20. The predicted molar refractivity (Wildman–Crippen MR) is 84.5 cm³/mol. The highest BCUT2D eigenvalue weighted by atomic mass is 32.1. The largest absolute Gasteiger partial charge is 0.351 e. The molecule has 0 aliphatic heterocycles. The van der Waals surface area contributed by atoms with Crippen LogP contribution in [0, 0.1) is 24.0 Å². The quantitative estimate of drug-likeness (QED) is 0.493. The van der Waals surface area contributed by atoms with E-state index in [-0.39, 0.29) is 29.6 Å². The van der Waals surface area contributed by atoms with E-state index in [1.54, 1.807) is 26.0 Å². The van der Waals surface area contributed by atoms with Crippen LogP contribution in [0.3, 0.4) is 0 Å². The van der Waals surface area contributed by atoms with Crippen LogP contribution in [-0.2, 0) is 17.9 Å². The third-order valence-electron chi connectivity index (χ3n) is 3.27. The first kappa shape index (κ1) is 16.8. The van der Waals surface area contributed by atoms with E-state index in [1.165, 1.54) is 22.9 Å². The second kappa shape index (κ2) is 6.69. The molecule has 122 valence electrons. The van der Waals surface area contributed by atoms with E-state index in [0.29, 0.717) is 17.1 Å². The average Bonchev–Trinajstić information content (AvgIpc) is 3.02. The van der Waals surface area contributed by atoms with Gasteiger partial charge in [0.15, 0.2) is 5.78 Å². The first-order valence-corrected chi connectivity index (χ1v) is 7.66. The van der Waals surface area contributed by atoms with E-state index < -0.39 is 4.92 Å². The molecule has 0 saturated heterocycles. The minimum atomic E-state index is -0.491. The minimum absolute atomic E-state index is 0.0550. The van der Waals surface area contributed by atoms with Gasteiger partial charge in [0, 0.05) is 11.8 Å². The van der Waals surface area contributed by atoms with Crippen molar-refractivity contribution in [3.63, 3.8) is 0 Å². The van der Waals surface area contributed by atoms with Crippen LogP contribution in [0.5, 0.6) is 0 Å². The van der Waals surface area contributed by atoms with Gasteiger partial charge in [0.1, 0.15) is 17.9 Å². The minimum Gasteiger partial charge on any atom is -0.351 e. The first-order chi connectivity index (χ1) is 10.8. The highest BCUT2D eigenvalue weighted by molar-refractivity contribution is 7.14. The highest BCUT2D eigenvalue weighted by Crippen LogP contribution is 2.23. The van der Waals surface area contributed by atoms with Crippen molar-refractivity contribution in [2.24, 2.45) is 0 Å². The van der Waals surface area contributed by atoms with Crippen molar-refractivity contribution in [2.45, 2.75) is 33.9 Å². The molecule has 0 aromatic carbocycles. The fourth-order valence-electron chi connectivity index (χ4n) is 2.15. The molecule has 0 aliphatic carbocycles. The van der Waals surface area contributed by atoms with Crippen molar-refractivity contribution in [3.8, 4) is 0 Å². The standard InChI is InChI=1S/C14H16N4O4S/c1-8-14(18(21)22)9(2)17(16-8)7-12(20)13-5-4-11(23-13)6-15-10(3)19/h4-5H,6-7H2,1-3H3,(H,15,19). The van der Waals surface area contributed by atoms with E-state index in [0.717, 1.165) is 4.88 Å². The first-order valence-electron chi connectivity index (χ1n) is 6.84. The maximum absolute atomic E-state index is 12.3. The summed E-state index contributed by atoms with van der Waals surface area (Å²) in [5.41, 5.74) is 0.587. The van der Waals surface area contributed by atoms with Crippen molar-refractivity contribution in [1.29, 1.82) is 0 Å². The molecule has 2 heterocycles. The summed E-state index contributed by atoms with van der Waals surface area (Å²) in [5, 5.41) is 17.7. The molecular weight excluding hydrogens is 320 g/mol. The number of nitrogens with one attached hydrogen (secondary N) is 1. The molecule has 2 rings (SSSR count). The maximum atomic E-state index is 12.3. The molecule has 2 aromatic rings. The zero-order chi connectivity index (χ0) is 17.1. The molecule has 23 heavy (non-hydrogen) atoms. The van der Waals surface area contributed by atoms with Crippen LogP contribution in [0.1, 0.15) is 32.9 Å². The van der Waals surface area contributed by atoms with Gasteiger partial charge in [0.2, 0.25) is 5.91 Å². The van der Waals surface area contributed by atoms with Crippen LogP contribution >= 0.6 is 11.3 Å². The molecule has 9 heteroatoms. The van der Waals surface area contributed by atoms with E-state index in [9.17, 15) is 19.7 Å². The lowest BCUT2D eigenvalue weighted by Crippen LogP contribution is -2.18. The summed E-state index contributed by atoms with van der Waals surface area (Å²) in [5.74, 6) is -0.314. The number of ketones is 1. The molecule has 0 radical (unpaired) electrons. The normalized spacial score (nSPS) is 10.6. The Balaban J connectivity index is 2.12. The number of carbonyl (C=O) groups excluding carboxylic acids is 2. The van der Waals surface area contributed by atoms with Crippen LogP contribution in [-0.4, -0.2) is 26.4 Å². The fourth-order valence-corrected chi connectivity index (χ4v) is 3.03. The van der Waals surface area contributed by atoms with Gasteiger partial charge in [-0.3, -0.25) is 24.4 Å². The Morgan fingerprint density at radius 2 is 2.09 bits per heavy atom. The molecule has 0 bridgehead atoms. The molecule has 0 atom stereocenters. The number of nitro groups is 1. The summed E-state index contributed by atoms with van der Waals surface area (Å²) in [6.07, 6.45) is 0. The number of thiophene rings is 1. The van der Waals surface area contributed by atoms with Crippen LogP contribution in [0.2, 0.25) is 0 Å². The van der Waals surface area contributed by atoms with Gasteiger partial charge in [0.05, 0.1) is 16.3 Å². The molecular formula is C14H16N4O4S. The van der Waals surface area contributed by atoms with Crippen molar-refractivity contribution >= 4 is 28.7 Å².